The molecule has 0 fully saturated rings. The van der Waals surface area contributed by atoms with Gasteiger partial charge in [0.1, 0.15) is 0 Å². The van der Waals surface area contributed by atoms with E-state index in [1.165, 1.54) is 24.3 Å². The summed E-state index contributed by atoms with van der Waals surface area (Å²) in [6, 6.07) is 11.6. The number of anilines is 2. The molecule has 9 nitrogen and oxygen atoms in total. The highest BCUT2D eigenvalue weighted by molar-refractivity contribution is 7.87. The average Bonchev–Trinajstić information content (AvgIpc) is 2.76. The Morgan fingerprint density at radius 3 is 1.44 bits per heavy atom. The lowest BCUT2D eigenvalue weighted by atomic mass is 10.3. The summed E-state index contributed by atoms with van der Waals surface area (Å²) in [5.41, 5.74) is 0.286. The third-order valence-corrected chi connectivity index (χ3v) is 7.14. The van der Waals surface area contributed by atoms with Crippen LogP contribution in [-0.2, 0) is 20.2 Å². The molecular weight excluding hydrogens is 480 g/mol. The molecule has 0 aromatic heterocycles. The second-order valence-electron chi connectivity index (χ2n) is 7.68. The van der Waals surface area contributed by atoms with E-state index >= 15 is 0 Å². The van der Waals surface area contributed by atoms with Crippen LogP contribution in [0.4, 0.5) is 16.2 Å². The number of benzene rings is 2. The zero-order valence-electron chi connectivity index (χ0n) is 19.4. The standard InChI is InChI=1S/C23H32N2O7S2/c1-3-5-11-17-33(27,28)31-21-15-9-7-13-19(21)24-23(26)25-20-14-8-10-16-22(20)32-34(29,30)18-12-6-4-2/h7-10,13-16H,3-6,11-12,17-18H2,1-2H3,(H2,24,25,26). The van der Waals surface area contributed by atoms with Crippen molar-refractivity contribution in [3.63, 3.8) is 0 Å². The molecule has 0 spiro atoms. The summed E-state index contributed by atoms with van der Waals surface area (Å²) >= 11 is 0. The minimum absolute atomic E-state index is 0.0165. The van der Waals surface area contributed by atoms with E-state index < -0.39 is 26.3 Å². The van der Waals surface area contributed by atoms with Gasteiger partial charge in [0.05, 0.1) is 22.9 Å². The van der Waals surface area contributed by atoms with Crippen molar-refractivity contribution in [2.45, 2.75) is 52.4 Å². The third kappa shape index (κ3) is 9.60. The van der Waals surface area contributed by atoms with E-state index in [9.17, 15) is 21.6 Å². The summed E-state index contributed by atoms with van der Waals surface area (Å²) in [6.07, 6.45) is 4.24. The van der Waals surface area contributed by atoms with Gasteiger partial charge in [0.25, 0.3) is 0 Å². The van der Waals surface area contributed by atoms with E-state index in [1.54, 1.807) is 24.3 Å². The topological polar surface area (TPSA) is 128 Å². The van der Waals surface area contributed by atoms with Gasteiger partial charge < -0.3 is 19.0 Å². The normalized spacial score (nSPS) is 11.6. The molecule has 0 aliphatic rings. The van der Waals surface area contributed by atoms with Gasteiger partial charge in [-0.1, -0.05) is 63.8 Å². The number of unbranched alkanes of at least 4 members (excludes halogenated alkanes) is 4. The second-order valence-corrected chi connectivity index (χ2v) is 11.1. The fourth-order valence-electron chi connectivity index (χ4n) is 2.98. The molecule has 0 saturated carbocycles. The van der Waals surface area contributed by atoms with Crippen molar-refractivity contribution in [3.05, 3.63) is 48.5 Å². The first-order valence-electron chi connectivity index (χ1n) is 11.3. The molecule has 2 aromatic carbocycles. The van der Waals surface area contributed by atoms with Crippen molar-refractivity contribution < 1.29 is 30.0 Å². The van der Waals surface area contributed by atoms with Crippen LogP contribution in [0.1, 0.15) is 52.4 Å². The lowest BCUT2D eigenvalue weighted by Crippen LogP contribution is -2.22. The summed E-state index contributed by atoms with van der Waals surface area (Å²) in [6.45, 7) is 3.94. The van der Waals surface area contributed by atoms with E-state index in [0.29, 0.717) is 12.8 Å². The van der Waals surface area contributed by atoms with E-state index in [4.69, 9.17) is 8.37 Å². The van der Waals surface area contributed by atoms with Gasteiger partial charge in [-0.05, 0) is 37.1 Å². The third-order valence-electron chi connectivity index (χ3n) is 4.70. The largest absolute Gasteiger partial charge is 0.380 e. The summed E-state index contributed by atoms with van der Waals surface area (Å²) in [5, 5.41) is 5.07. The van der Waals surface area contributed by atoms with Crippen LogP contribution in [-0.4, -0.2) is 34.4 Å². The van der Waals surface area contributed by atoms with Crippen molar-refractivity contribution in [3.8, 4) is 11.5 Å². The van der Waals surface area contributed by atoms with Crippen LogP contribution >= 0.6 is 0 Å². The highest BCUT2D eigenvalue weighted by Crippen LogP contribution is 2.28. The molecule has 0 saturated heterocycles. The predicted octanol–water partition coefficient (Wildman–Crippen LogP) is 5.13. The monoisotopic (exact) mass is 512 g/mol. The molecular formula is C23H32N2O7S2. The van der Waals surface area contributed by atoms with Gasteiger partial charge in [-0.3, -0.25) is 0 Å². The molecule has 0 unspecified atom stereocenters. The fourth-order valence-corrected chi connectivity index (χ4v) is 5.10. The number of hydrogen-bond acceptors (Lipinski definition) is 7. The maximum Gasteiger partial charge on any atom is 0.323 e. The smallest absolute Gasteiger partial charge is 0.323 e. The lowest BCUT2D eigenvalue weighted by Gasteiger charge is -2.15. The number of hydrogen-bond donors (Lipinski definition) is 2. The average molecular weight is 513 g/mol. The van der Waals surface area contributed by atoms with Crippen molar-refractivity contribution in [1.82, 2.24) is 0 Å². The van der Waals surface area contributed by atoms with Gasteiger partial charge in [0, 0.05) is 0 Å². The SMILES string of the molecule is CCCCCS(=O)(=O)Oc1ccccc1NC(=O)Nc1ccccc1OS(=O)(=O)CCCCC. The van der Waals surface area contributed by atoms with Crippen molar-refractivity contribution in [1.29, 1.82) is 0 Å². The zero-order chi connectivity index (χ0) is 25.0. The van der Waals surface area contributed by atoms with Crippen LogP contribution in [0.2, 0.25) is 0 Å². The molecule has 0 heterocycles. The van der Waals surface area contributed by atoms with Crippen molar-refractivity contribution in [2.24, 2.45) is 0 Å². The summed E-state index contributed by atoms with van der Waals surface area (Å²) in [4.78, 5) is 12.6. The van der Waals surface area contributed by atoms with Gasteiger partial charge in [-0.15, -0.1) is 0 Å². The Labute approximate surface area is 202 Å². The first-order chi connectivity index (χ1) is 16.2. The van der Waals surface area contributed by atoms with E-state index in [-0.39, 0.29) is 34.4 Å². The quantitative estimate of drug-likeness (QED) is 0.265. The van der Waals surface area contributed by atoms with Crippen LogP contribution in [0.5, 0.6) is 11.5 Å². The van der Waals surface area contributed by atoms with E-state index in [1.807, 2.05) is 13.8 Å². The molecule has 0 aliphatic carbocycles. The molecule has 34 heavy (non-hydrogen) atoms. The molecule has 11 heteroatoms. The van der Waals surface area contributed by atoms with E-state index in [0.717, 1.165) is 25.7 Å². The molecule has 0 bridgehead atoms. The van der Waals surface area contributed by atoms with Gasteiger partial charge in [0.15, 0.2) is 11.5 Å². The Morgan fingerprint density at radius 1 is 0.676 bits per heavy atom. The number of amides is 2. The van der Waals surface area contributed by atoms with Crippen LogP contribution in [0.15, 0.2) is 48.5 Å². The maximum atomic E-state index is 12.6. The van der Waals surface area contributed by atoms with Crippen LogP contribution < -0.4 is 19.0 Å². The summed E-state index contributed by atoms with van der Waals surface area (Å²) < 4.78 is 59.4. The number of nitrogens with one attached hydrogen (secondary N) is 2. The fraction of sp³-hybridized carbons (Fsp3) is 0.435. The van der Waals surface area contributed by atoms with Crippen LogP contribution in [0.3, 0.4) is 0 Å². The Hall–Kier alpha value is -2.79. The number of rotatable bonds is 14. The summed E-state index contributed by atoms with van der Waals surface area (Å²) in [7, 11) is -7.64. The van der Waals surface area contributed by atoms with Gasteiger partial charge in [-0.2, -0.15) is 16.8 Å². The first kappa shape index (κ1) is 27.5. The number of carbonyl (C=O) groups is 1. The van der Waals surface area contributed by atoms with Gasteiger partial charge >= 0.3 is 26.3 Å². The highest BCUT2D eigenvalue weighted by atomic mass is 32.2. The maximum absolute atomic E-state index is 12.6. The molecule has 0 aliphatic heterocycles. The number of urea groups is 1. The first-order valence-corrected chi connectivity index (χ1v) is 14.4. The van der Waals surface area contributed by atoms with Gasteiger partial charge in [0.2, 0.25) is 0 Å². The minimum atomic E-state index is -3.82. The van der Waals surface area contributed by atoms with Crippen molar-refractivity contribution >= 4 is 37.6 Å². The molecule has 2 rings (SSSR count). The predicted molar refractivity (Wildman–Crippen MR) is 133 cm³/mol. The summed E-state index contributed by atoms with van der Waals surface area (Å²) in [5.74, 6) is -0.285. The molecule has 2 amide bonds. The molecule has 2 N–H and O–H groups in total. The molecule has 0 atom stereocenters. The highest BCUT2D eigenvalue weighted by Gasteiger charge is 2.18. The zero-order valence-corrected chi connectivity index (χ0v) is 21.1. The Kier molecular flexibility index (Phi) is 10.6. The van der Waals surface area contributed by atoms with E-state index in [2.05, 4.69) is 10.6 Å². The second kappa shape index (κ2) is 13.2. The number of para-hydroxylation sites is 4. The van der Waals surface area contributed by atoms with Gasteiger partial charge in [-0.25, -0.2) is 4.79 Å². The lowest BCUT2D eigenvalue weighted by molar-refractivity contribution is 0.262. The van der Waals surface area contributed by atoms with Crippen LogP contribution in [0.25, 0.3) is 0 Å². The minimum Gasteiger partial charge on any atom is -0.380 e. The molecule has 2 aromatic rings. The Bertz CT molecular complexity index is 1060. The van der Waals surface area contributed by atoms with Crippen molar-refractivity contribution in [2.75, 3.05) is 22.1 Å². The Balaban J connectivity index is 2.09. The molecule has 0 radical (unpaired) electrons. The molecule has 188 valence electrons. The number of carbonyl (C=O) groups excluding carboxylic acids is 1. The van der Waals surface area contributed by atoms with Crippen LogP contribution in [0, 0.1) is 0 Å². The Morgan fingerprint density at radius 2 is 1.06 bits per heavy atom.